The molecule has 39 heavy (non-hydrogen) atoms. The average molecular weight is 549 g/mol. The van der Waals surface area contributed by atoms with E-state index in [-0.39, 0.29) is 35.7 Å². The molecule has 2 aliphatic heterocycles. The number of nitrogens with zero attached hydrogens (tertiary/aromatic N) is 2. The molecule has 0 radical (unpaired) electrons. The van der Waals surface area contributed by atoms with Crippen LogP contribution in [0.2, 0.25) is 0 Å². The Balaban J connectivity index is 1.32. The number of ether oxygens (including phenoxy) is 3. The third kappa shape index (κ3) is 5.44. The zero-order valence-electron chi connectivity index (χ0n) is 20.8. The fraction of sp³-hybridized carbons (Fsp3) is 0.250. The maximum absolute atomic E-state index is 13.7. The van der Waals surface area contributed by atoms with Crippen LogP contribution in [0.25, 0.3) is 0 Å². The van der Waals surface area contributed by atoms with Gasteiger partial charge in [0.15, 0.2) is 6.10 Å². The molecule has 11 heteroatoms. The summed E-state index contributed by atoms with van der Waals surface area (Å²) in [6, 6.07) is 22.6. The summed E-state index contributed by atoms with van der Waals surface area (Å²) < 4.78 is 15.6. The van der Waals surface area contributed by atoms with Crippen molar-refractivity contribution in [1.29, 1.82) is 0 Å². The molecule has 0 aromatic heterocycles. The van der Waals surface area contributed by atoms with Crippen LogP contribution in [0, 0.1) is 10.1 Å². The van der Waals surface area contributed by atoms with E-state index in [4.69, 9.17) is 14.2 Å². The molecule has 3 aromatic carbocycles. The quantitative estimate of drug-likeness (QED) is 0.127. The van der Waals surface area contributed by atoms with Gasteiger partial charge in [0.2, 0.25) is 5.91 Å². The molecule has 2 aliphatic rings. The Morgan fingerprint density at radius 3 is 2.15 bits per heavy atom. The maximum Gasteiger partial charge on any atom is 0.513 e. The van der Waals surface area contributed by atoms with Gasteiger partial charge in [0.25, 0.3) is 5.69 Å². The molecule has 2 fully saturated rings. The van der Waals surface area contributed by atoms with Gasteiger partial charge in [-0.25, -0.2) is 9.59 Å². The average Bonchev–Trinajstić information content (AvgIpc) is 3.18. The van der Waals surface area contributed by atoms with Gasteiger partial charge in [-0.05, 0) is 30.2 Å². The first-order chi connectivity index (χ1) is 18.7. The molecule has 0 aliphatic carbocycles. The van der Waals surface area contributed by atoms with Gasteiger partial charge in [-0.2, -0.15) is 0 Å². The van der Waals surface area contributed by atoms with E-state index in [9.17, 15) is 24.5 Å². The highest BCUT2D eigenvalue weighted by Crippen LogP contribution is 2.51. The third-order valence-electron chi connectivity index (χ3n) is 6.60. The molecular formula is C28H24N2O8S. The molecule has 3 atom stereocenters. The summed E-state index contributed by atoms with van der Waals surface area (Å²) in [7, 11) is 0. The molecule has 10 nitrogen and oxygen atoms in total. The van der Waals surface area contributed by atoms with Crippen molar-refractivity contribution >= 4 is 35.5 Å². The Morgan fingerprint density at radius 1 is 1.03 bits per heavy atom. The predicted molar refractivity (Wildman–Crippen MR) is 141 cm³/mol. The Kier molecular flexibility index (Phi) is 7.25. The number of esters is 1. The van der Waals surface area contributed by atoms with Crippen molar-refractivity contribution in [2.45, 2.75) is 35.6 Å². The van der Waals surface area contributed by atoms with E-state index < -0.39 is 33.9 Å². The number of benzene rings is 3. The van der Waals surface area contributed by atoms with Crippen molar-refractivity contribution < 1.29 is 33.5 Å². The van der Waals surface area contributed by atoms with Crippen LogP contribution in [0.5, 0.6) is 5.75 Å². The zero-order valence-corrected chi connectivity index (χ0v) is 21.6. The number of amides is 1. The second-order valence-corrected chi connectivity index (χ2v) is 11.0. The fourth-order valence-corrected chi connectivity index (χ4v) is 6.35. The number of carbonyl (C=O) groups excluding carboxylic acids is 3. The van der Waals surface area contributed by atoms with E-state index in [0.717, 1.165) is 11.1 Å². The number of nitro benzene ring substituents is 1. The Bertz CT molecular complexity index is 1350. The number of rotatable bonds is 8. The van der Waals surface area contributed by atoms with Crippen molar-refractivity contribution in [2.75, 3.05) is 6.61 Å². The van der Waals surface area contributed by atoms with Crippen LogP contribution in [0.15, 0.2) is 84.9 Å². The Hall–Kier alpha value is -4.38. The van der Waals surface area contributed by atoms with Gasteiger partial charge in [0, 0.05) is 12.1 Å². The van der Waals surface area contributed by atoms with Gasteiger partial charge in [0.1, 0.15) is 18.4 Å². The summed E-state index contributed by atoms with van der Waals surface area (Å²) in [5, 5.41) is 10.6. The lowest BCUT2D eigenvalue weighted by Gasteiger charge is -2.38. The number of hydrogen-bond donors (Lipinski definition) is 0. The smallest absolute Gasteiger partial charge is 0.451 e. The van der Waals surface area contributed by atoms with E-state index in [1.165, 1.54) is 40.9 Å². The second-order valence-electron chi connectivity index (χ2n) is 9.32. The zero-order chi connectivity index (χ0) is 27.6. The van der Waals surface area contributed by atoms with Gasteiger partial charge in [-0.15, -0.1) is 11.8 Å². The minimum Gasteiger partial charge on any atom is -0.451 e. The van der Waals surface area contributed by atoms with E-state index in [0.29, 0.717) is 0 Å². The van der Waals surface area contributed by atoms with Gasteiger partial charge < -0.3 is 19.1 Å². The molecule has 0 unspecified atom stereocenters. The highest BCUT2D eigenvalue weighted by Gasteiger charge is 2.62. The maximum atomic E-state index is 13.7. The van der Waals surface area contributed by atoms with Crippen LogP contribution >= 0.6 is 11.8 Å². The molecule has 2 heterocycles. The Labute approximate surface area is 228 Å². The van der Waals surface area contributed by atoms with Gasteiger partial charge in [-0.1, -0.05) is 60.7 Å². The summed E-state index contributed by atoms with van der Waals surface area (Å²) in [6.07, 6.45) is -1.46. The van der Waals surface area contributed by atoms with Crippen molar-refractivity contribution in [3.8, 4) is 5.75 Å². The van der Waals surface area contributed by atoms with E-state index in [1.807, 2.05) is 60.7 Å². The first-order valence-corrected chi connectivity index (χ1v) is 13.0. The minimum absolute atomic E-state index is 0.0679. The number of carbonyl (C=O) groups is 3. The van der Waals surface area contributed by atoms with Crippen molar-refractivity contribution in [3.63, 3.8) is 0 Å². The Morgan fingerprint density at radius 2 is 1.62 bits per heavy atom. The lowest BCUT2D eigenvalue weighted by Crippen LogP contribution is -2.58. The molecule has 2 saturated heterocycles. The summed E-state index contributed by atoms with van der Waals surface area (Å²) in [4.78, 5) is 50.4. The number of thioether (sulfide) groups is 1. The lowest BCUT2D eigenvalue weighted by molar-refractivity contribution is -0.384. The third-order valence-corrected chi connectivity index (χ3v) is 8.14. The SMILES string of the molecule is C[C@@]1(COC(=O)Oc2ccc([N+](=O)[O-])cc2)S[C@@H]2CC(=O)N2[C@H]1C(=O)OC(c1ccccc1)c1ccccc1. The van der Waals surface area contributed by atoms with Crippen LogP contribution in [-0.4, -0.2) is 50.6 Å². The highest BCUT2D eigenvalue weighted by molar-refractivity contribution is 8.01. The molecule has 1 amide bonds. The van der Waals surface area contributed by atoms with Crippen LogP contribution in [0.1, 0.15) is 30.6 Å². The summed E-state index contributed by atoms with van der Waals surface area (Å²) in [5.74, 6) is -0.716. The normalized spacial score (nSPS) is 21.6. The highest BCUT2D eigenvalue weighted by atomic mass is 32.2. The molecule has 0 N–H and O–H groups in total. The minimum atomic E-state index is -1.04. The molecule has 200 valence electrons. The molecular weight excluding hydrogens is 524 g/mol. The first kappa shape index (κ1) is 26.2. The fourth-order valence-electron chi connectivity index (χ4n) is 4.68. The lowest BCUT2D eigenvalue weighted by atomic mass is 9.96. The van der Waals surface area contributed by atoms with Crippen molar-refractivity contribution in [2.24, 2.45) is 0 Å². The van der Waals surface area contributed by atoms with Crippen molar-refractivity contribution in [3.05, 3.63) is 106 Å². The number of nitro groups is 1. The van der Waals surface area contributed by atoms with E-state index in [1.54, 1.807) is 6.92 Å². The van der Waals surface area contributed by atoms with Gasteiger partial charge in [0.05, 0.1) is 21.5 Å². The molecule has 3 aromatic rings. The summed E-state index contributed by atoms with van der Waals surface area (Å²) >= 11 is 1.37. The standard InChI is InChI=1S/C28H24N2O8S/c1-28(17-36-27(33)37-21-14-12-20(13-15-21)30(34)35)25(29-22(31)16-23(29)39-28)26(32)38-24(18-8-4-2-5-9-18)19-10-6-3-7-11-19/h2-15,23-25H,16-17H2,1H3/t23-,25+,28+/m1/s1. The van der Waals surface area contributed by atoms with Crippen LogP contribution in [0.3, 0.4) is 0 Å². The topological polar surface area (TPSA) is 125 Å². The predicted octanol–water partition coefficient (Wildman–Crippen LogP) is 4.88. The molecule has 5 rings (SSSR count). The number of non-ortho nitro benzene ring substituents is 1. The second kappa shape index (κ2) is 10.8. The number of β-lactam (4-membered cyclic amide) rings is 1. The first-order valence-electron chi connectivity index (χ1n) is 12.1. The van der Waals surface area contributed by atoms with Gasteiger partial charge in [-0.3, -0.25) is 14.9 Å². The summed E-state index contributed by atoms with van der Waals surface area (Å²) in [5.41, 5.74) is 1.41. The molecule has 0 bridgehead atoms. The monoisotopic (exact) mass is 548 g/mol. The van der Waals surface area contributed by atoms with Gasteiger partial charge >= 0.3 is 12.1 Å². The largest absolute Gasteiger partial charge is 0.513 e. The van der Waals surface area contributed by atoms with Crippen LogP contribution in [0.4, 0.5) is 10.5 Å². The van der Waals surface area contributed by atoms with E-state index in [2.05, 4.69) is 0 Å². The molecule has 0 saturated carbocycles. The van der Waals surface area contributed by atoms with Crippen molar-refractivity contribution in [1.82, 2.24) is 4.90 Å². The summed E-state index contributed by atoms with van der Waals surface area (Å²) in [6.45, 7) is 1.51. The van der Waals surface area contributed by atoms with Crippen LogP contribution < -0.4 is 4.74 Å². The number of hydrogen-bond acceptors (Lipinski definition) is 9. The molecule has 0 spiro atoms. The van der Waals surface area contributed by atoms with E-state index >= 15 is 0 Å². The van der Waals surface area contributed by atoms with Crippen LogP contribution in [-0.2, 0) is 19.1 Å². The number of fused-ring (bicyclic) bond motifs is 1.